The van der Waals surface area contributed by atoms with E-state index in [9.17, 15) is 0 Å². The summed E-state index contributed by atoms with van der Waals surface area (Å²) in [6.45, 7) is 6.98. The lowest BCUT2D eigenvalue weighted by atomic mass is 10.1. The van der Waals surface area contributed by atoms with Gasteiger partial charge in [-0.25, -0.2) is 0 Å². The first-order valence-corrected chi connectivity index (χ1v) is 7.59. The van der Waals surface area contributed by atoms with Crippen molar-refractivity contribution in [3.05, 3.63) is 58.1 Å². The molecule has 0 saturated carbocycles. The molecule has 0 atom stereocenters. The Kier molecular flexibility index (Phi) is 5.07. The van der Waals surface area contributed by atoms with Gasteiger partial charge in [-0.2, -0.15) is 0 Å². The van der Waals surface area contributed by atoms with E-state index in [0.717, 1.165) is 22.5 Å². The zero-order chi connectivity index (χ0) is 14.5. The third kappa shape index (κ3) is 4.27. The number of ether oxygens (including phenoxy) is 1. The smallest absolute Gasteiger partial charge is 0.120 e. The van der Waals surface area contributed by atoms with E-state index in [1.807, 2.05) is 32.0 Å². The highest BCUT2D eigenvalue weighted by atomic mass is 79.9. The molecule has 0 fully saturated rings. The number of halogens is 1. The van der Waals surface area contributed by atoms with E-state index in [1.54, 1.807) is 0 Å². The molecule has 0 aliphatic carbocycles. The quantitative estimate of drug-likeness (QED) is 0.816. The Morgan fingerprint density at radius 3 is 2.60 bits per heavy atom. The van der Waals surface area contributed by atoms with Crippen molar-refractivity contribution in [3.8, 4) is 5.75 Å². The second-order valence-electron chi connectivity index (χ2n) is 5.13. The first-order chi connectivity index (χ1) is 9.54. The monoisotopic (exact) mass is 333 g/mol. The summed E-state index contributed by atoms with van der Waals surface area (Å²) >= 11 is 3.49. The topological polar surface area (TPSA) is 21.3 Å². The Bertz CT molecular complexity index is 581. The summed E-state index contributed by atoms with van der Waals surface area (Å²) < 4.78 is 6.80. The van der Waals surface area contributed by atoms with Crippen molar-refractivity contribution in [3.63, 3.8) is 0 Å². The zero-order valence-corrected chi connectivity index (χ0v) is 13.7. The first-order valence-electron chi connectivity index (χ1n) is 6.80. The molecule has 0 aromatic heterocycles. The van der Waals surface area contributed by atoms with Gasteiger partial charge in [0.1, 0.15) is 5.75 Å². The van der Waals surface area contributed by atoms with Crippen LogP contribution in [0.1, 0.15) is 25.0 Å². The predicted molar refractivity (Wildman–Crippen MR) is 88.4 cm³/mol. The average molecular weight is 334 g/mol. The maximum Gasteiger partial charge on any atom is 0.120 e. The highest BCUT2D eigenvalue weighted by molar-refractivity contribution is 9.10. The van der Waals surface area contributed by atoms with E-state index < -0.39 is 0 Å². The minimum Gasteiger partial charge on any atom is -0.491 e. The molecule has 0 aliphatic heterocycles. The van der Waals surface area contributed by atoms with Crippen LogP contribution in [-0.2, 0) is 6.54 Å². The second-order valence-corrected chi connectivity index (χ2v) is 6.04. The molecule has 0 bridgehead atoms. The lowest BCUT2D eigenvalue weighted by Crippen LogP contribution is -2.06. The van der Waals surface area contributed by atoms with Crippen LogP contribution in [0.25, 0.3) is 0 Å². The van der Waals surface area contributed by atoms with Crippen molar-refractivity contribution >= 4 is 21.6 Å². The summed E-state index contributed by atoms with van der Waals surface area (Å²) in [5.41, 5.74) is 3.58. The van der Waals surface area contributed by atoms with Crippen molar-refractivity contribution in [2.45, 2.75) is 33.4 Å². The molecular formula is C17H20BrNO. The van der Waals surface area contributed by atoms with Gasteiger partial charge in [0.05, 0.1) is 6.10 Å². The number of hydrogen-bond donors (Lipinski definition) is 1. The van der Waals surface area contributed by atoms with Gasteiger partial charge in [0.2, 0.25) is 0 Å². The maximum atomic E-state index is 5.69. The molecule has 2 nitrogen and oxygen atoms in total. The van der Waals surface area contributed by atoms with E-state index in [0.29, 0.717) is 0 Å². The molecule has 0 saturated heterocycles. The lowest BCUT2D eigenvalue weighted by molar-refractivity contribution is 0.242. The predicted octanol–water partition coefficient (Wildman–Crippen LogP) is 5.16. The third-order valence-corrected chi connectivity index (χ3v) is 3.43. The summed E-state index contributed by atoms with van der Waals surface area (Å²) in [4.78, 5) is 0. The van der Waals surface area contributed by atoms with Crippen LogP contribution in [0.3, 0.4) is 0 Å². The van der Waals surface area contributed by atoms with Gasteiger partial charge in [-0.05, 0) is 62.2 Å². The van der Waals surface area contributed by atoms with Crippen LogP contribution in [0.15, 0.2) is 46.9 Å². The van der Waals surface area contributed by atoms with E-state index in [4.69, 9.17) is 4.74 Å². The van der Waals surface area contributed by atoms with Crippen LogP contribution in [0.5, 0.6) is 5.75 Å². The molecule has 3 heteroatoms. The van der Waals surface area contributed by atoms with Crippen molar-refractivity contribution in [2.24, 2.45) is 0 Å². The second kappa shape index (κ2) is 6.80. The van der Waals surface area contributed by atoms with Gasteiger partial charge >= 0.3 is 0 Å². The van der Waals surface area contributed by atoms with Crippen LogP contribution in [0, 0.1) is 6.92 Å². The summed E-state index contributed by atoms with van der Waals surface area (Å²) in [6.07, 6.45) is 0.204. The largest absolute Gasteiger partial charge is 0.491 e. The van der Waals surface area contributed by atoms with Crippen molar-refractivity contribution < 1.29 is 4.74 Å². The zero-order valence-electron chi connectivity index (χ0n) is 12.1. The van der Waals surface area contributed by atoms with Gasteiger partial charge in [-0.3, -0.25) is 0 Å². The highest BCUT2D eigenvalue weighted by Gasteiger charge is 2.03. The molecule has 0 amide bonds. The number of benzene rings is 2. The minimum absolute atomic E-state index is 0.204. The van der Waals surface area contributed by atoms with E-state index in [1.165, 1.54) is 11.1 Å². The van der Waals surface area contributed by atoms with E-state index in [2.05, 4.69) is 52.4 Å². The molecule has 0 spiro atoms. The fourth-order valence-corrected chi connectivity index (χ4v) is 2.47. The summed E-state index contributed by atoms with van der Waals surface area (Å²) in [5, 5.41) is 3.46. The molecule has 2 aromatic rings. The lowest BCUT2D eigenvalue weighted by Gasteiger charge is -2.14. The van der Waals surface area contributed by atoms with Crippen molar-refractivity contribution in [1.82, 2.24) is 0 Å². The van der Waals surface area contributed by atoms with Crippen LogP contribution >= 0.6 is 15.9 Å². The van der Waals surface area contributed by atoms with Crippen LogP contribution in [-0.4, -0.2) is 6.10 Å². The number of hydrogen-bond acceptors (Lipinski definition) is 2. The molecular weight excluding hydrogens is 314 g/mol. The molecule has 0 heterocycles. The summed E-state index contributed by atoms with van der Waals surface area (Å²) in [7, 11) is 0. The van der Waals surface area contributed by atoms with Crippen molar-refractivity contribution in [1.29, 1.82) is 0 Å². The van der Waals surface area contributed by atoms with Gasteiger partial charge < -0.3 is 10.1 Å². The molecule has 0 unspecified atom stereocenters. The SMILES string of the molecule is Cc1cc(OC(C)C)ccc1NCc1cccc(Br)c1. The number of nitrogens with one attached hydrogen (secondary N) is 1. The van der Waals surface area contributed by atoms with Gasteiger partial charge in [0, 0.05) is 16.7 Å². The van der Waals surface area contributed by atoms with Crippen molar-refractivity contribution in [2.75, 3.05) is 5.32 Å². The maximum absolute atomic E-state index is 5.69. The molecule has 0 radical (unpaired) electrons. The summed E-state index contributed by atoms with van der Waals surface area (Å²) in [6, 6.07) is 14.5. The Labute approximate surface area is 129 Å². The molecule has 0 aliphatic rings. The average Bonchev–Trinajstić information content (AvgIpc) is 2.37. The van der Waals surface area contributed by atoms with E-state index in [-0.39, 0.29) is 6.10 Å². The third-order valence-electron chi connectivity index (χ3n) is 2.94. The summed E-state index contributed by atoms with van der Waals surface area (Å²) in [5.74, 6) is 0.922. The highest BCUT2D eigenvalue weighted by Crippen LogP contribution is 2.23. The standard InChI is InChI=1S/C17H20BrNO/c1-12(2)20-16-7-8-17(13(3)9-16)19-11-14-5-4-6-15(18)10-14/h4-10,12,19H,11H2,1-3H3. The normalized spacial score (nSPS) is 10.7. The molecule has 2 rings (SSSR count). The fraction of sp³-hybridized carbons (Fsp3) is 0.294. The molecule has 2 aromatic carbocycles. The Hall–Kier alpha value is -1.48. The Morgan fingerprint density at radius 2 is 1.95 bits per heavy atom. The van der Waals surface area contributed by atoms with Gasteiger partial charge in [0.15, 0.2) is 0 Å². The number of rotatable bonds is 5. The van der Waals surface area contributed by atoms with Crippen LogP contribution in [0.2, 0.25) is 0 Å². The number of aryl methyl sites for hydroxylation is 1. The van der Waals surface area contributed by atoms with Gasteiger partial charge in [-0.1, -0.05) is 28.1 Å². The number of anilines is 1. The molecule has 20 heavy (non-hydrogen) atoms. The van der Waals surface area contributed by atoms with Gasteiger partial charge in [-0.15, -0.1) is 0 Å². The minimum atomic E-state index is 0.204. The van der Waals surface area contributed by atoms with Gasteiger partial charge in [0.25, 0.3) is 0 Å². The molecule has 106 valence electrons. The molecule has 1 N–H and O–H groups in total. The first kappa shape index (κ1) is 14.9. The Balaban J connectivity index is 2.03. The van der Waals surface area contributed by atoms with Crippen LogP contribution in [0.4, 0.5) is 5.69 Å². The van der Waals surface area contributed by atoms with Crippen LogP contribution < -0.4 is 10.1 Å². The Morgan fingerprint density at radius 1 is 1.15 bits per heavy atom. The van der Waals surface area contributed by atoms with E-state index >= 15 is 0 Å². The fourth-order valence-electron chi connectivity index (χ4n) is 2.02.